The quantitative estimate of drug-likeness (QED) is 0.753. The molecular formula is C22H29N5O2. The molecule has 3 rings (SSSR count). The van der Waals surface area contributed by atoms with Gasteiger partial charge in [0, 0.05) is 45.3 Å². The molecular weight excluding hydrogens is 366 g/mol. The van der Waals surface area contributed by atoms with Gasteiger partial charge >= 0.3 is 12.0 Å². The first-order valence-electron chi connectivity index (χ1n) is 9.99. The number of nitrogens with zero attached hydrogens (tertiary/aromatic N) is 4. The zero-order valence-corrected chi connectivity index (χ0v) is 17.2. The van der Waals surface area contributed by atoms with Gasteiger partial charge in [-0.25, -0.2) is 14.3 Å². The lowest BCUT2D eigenvalue weighted by Crippen LogP contribution is -2.45. The van der Waals surface area contributed by atoms with Crippen LogP contribution >= 0.6 is 0 Å². The molecule has 154 valence electrons. The number of amides is 1. The summed E-state index contributed by atoms with van der Waals surface area (Å²) in [6.07, 6.45) is 2.35. The van der Waals surface area contributed by atoms with E-state index in [9.17, 15) is 4.79 Å². The number of nitrogens with one attached hydrogen (secondary N) is 1. The van der Waals surface area contributed by atoms with Gasteiger partial charge in [-0.2, -0.15) is 0 Å². The minimum absolute atomic E-state index is 0.281. The Labute approximate surface area is 172 Å². The molecule has 2 heterocycles. The molecule has 1 N–H and O–H groups in total. The number of aromatic nitrogens is 2. The summed E-state index contributed by atoms with van der Waals surface area (Å²) in [7, 11) is 2.14. The fourth-order valence-electron chi connectivity index (χ4n) is 3.09. The molecule has 0 spiro atoms. The van der Waals surface area contributed by atoms with Gasteiger partial charge in [0.05, 0.1) is 12.2 Å². The van der Waals surface area contributed by atoms with Gasteiger partial charge in [0.15, 0.2) is 0 Å². The highest BCUT2D eigenvalue weighted by Crippen LogP contribution is 2.11. The van der Waals surface area contributed by atoms with Gasteiger partial charge in [0.2, 0.25) is 0 Å². The number of benzene rings is 1. The maximum absolute atomic E-state index is 12.5. The van der Waals surface area contributed by atoms with Crippen molar-refractivity contribution in [1.29, 1.82) is 0 Å². The van der Waals surface area contributed by atoms with Crippen LogP contribution in [0.4, 0.5) is 4.79 Å². The van der Waals surface area contributed by atoms with Crippen LogP contribution in [0, 0.1) is 18.8 Å². The Balaban J connectivity index is 1.44. The maximum Gasteiger partial charge on any atom is 0.330 e. The minimum Gasteiger partial charge on any atom is -0.463 e. The number of rotatable bonds is 6. The van der Waals surface area contributed by atoms with E-state index in [1.165, 1.54) is 4.57 Å². The zero-order chi connectivity index (χ0) is 20.5. The number of aryl methyl sites for hydroxylation is 1. The normalized spacial score (nSPS) is 14.8. The van der Waals surface area contributed by atoms with E-state index in [2.05, 4.69) is 39.0 Å². The topological polar surface area (TPSA) is 62.6 Å². The van der Waals surface area contributed by atoms with Crippen molar-refractivity contribution in [3.63, 3.8) is 0 Å². The Hall–Kier alpha value is -2.82. The molecule has 1 aromatic carbocycles. The predicted molar refractivity (Wildman–Crippen MR) is 113 cm³/mol. The van der Waals surface area contributed by atoms with Gasteiger partial charge in [-0.3, -0.25) is 4.90 Å². The van der Waals surface area contributed by atoms with E-state index in [1.54, 1.807) is 6.20 Å². The van der Waals surface area contributed by atoms with Gasteiger partial charge in [0.25, 0.3) is 0 Å². The first-order valence-corrected chi connectivity index (χ1v) is 9.99. The molecule has 7 heteroatoms. The van der Waals surface area contributed by atoms with Crippen LogP contribution in [0.3, 0.4) is 0 Å². The third kappa shape index (κ3) is 6.63. The molecule has 1 aliphatic rings. The lowest BCUT2D eigenvalue weighted by atomic mass is 10.2. The smallest absolute Gasteiger partial charge is 0.330 e. The van der Waals surface area contributed by atoms with Gasteiger partial charge in [-0.15, -0.1) is 0 Å². The first-order chi connectivity index (χ1) is 14.1. The number of ether oxygens (including phenoxy) is 1. The molecule has 1 saturated heterocycles. The van der Waals surface area contributed by atoms with Gasteiger partial charge in [-0.1, -0.05) is 42.2 Å². The van der Waals surface area contributed by atoms with Crippen molar-refractivity contribution < 1.29 is 9.53 Å². The van der Waals surface area contributed by atoms with Crippen LogP contribution < -0.4 is 10.1 Å². The number of carbonyl (C=O) groups excluding carboxylic acids is 1. The van der Waals surface area contributed by atoms with Crippen LogP contribution in [0.25, 0.3) is 0 Å². The van der Waals surface area contributed by atoms with Crippen LogP contribution in [0.1, 0.15) is 11.3 Å². The molecule has 0 aliphatic carbocycles. The average molecular weight is 396 g/mol. The second-order valence-electron chi connectivity index (χ2n) is 7.20. The Bertz CT molecular complexity index is 845. The molecule has 2 aromatic rings. The second-order valence-corrected chi connectivity index (χ2v) is 7.20. The van der Waals surface area contributed by atoms with Crippen LogP contribution in [-0.4, -0.2) is 78.3 Å². The highest BCUT2D eigenvalue weighted by atomic mass is 16.5. The summed E-state index contributed by atoms with van der Waals surface area (Å²) >= 11 is 0. The van der Waals surface area contributed by atoms with Gasteiger partial charge < -0.3 is 15.0 Å². The number of carbonyl (C=O) groups is 1. The molecule has 1 fully saturated rings. The Morgan fingerprint density at radius 3 is 2.69 bits per heavy atom. The molecule has 1 aliphatic heterocycles. The van der Waals surface area contributed by atoms with Crippen molar-refractivity contribution >= 4 is 6.03 Å². The summed E-state index contributed by atoms with van der Waals surface area (Å²) in [6, 6.07) is 10.1. The van der Waals surface area contributed by atoms with Crippen LogP contribution in [-0.2, 0) is 6.42 Å². The van der Waals surface area contributed by atoms with E-state index in [-0.39, 0.29) is 12.6 Å². The standard InChI is InChI=1S/C22H29N5O2/c1-19-18-27(21(28)23-11-7-6-10-20-8-4-3-5-9-20)22(24-19)29-17-16-26-14-12-25(2)13-15-26/h3-5,8-9,18H,10-17H2,1-2H3,(H,23,28). The predicted octanol–water partition coefficient (Wildman–Crippen LogP) is 1.62. The maximum atomic E-state index is 12.5. The highest BCUT2D eigenvalue weighted by Gasteiger charge is 2.16. The van der Waals surface area contributed by atoms with Crippen molar-refractivity contribution in [2.24, 2.45) is 0 Å². The second kappa shape index (κ2) is 10.6. The third-order valence-corrected chi connectivity index (χ3v) is 4.84. The largest absolute Gasteiger partial charge is 0.463 e. The molecule has 0 unspecified atom stereocenters. The molecule has 29 heavy (non-hydrogen) atoms. The molecule has 0 atom stereocenters. The SMILES string of the molecule is Cc1cn(C(=O)NCC#CCc2ccccc2)c(OCCN2CCN(C)CC2)n1. The Kier molecular flexibility index (Phi) is 7.68. The lowest BCUT2D eigenvalue weighted by molar-refractivity contribution is 0.130. The first kappa shape index (κ1) is 20.9. The van der Waals surface area contributed by atoms with Crippen LogP contribution in [0.2, 0.25) is 0 Å². The molecule has 1 aromatic heterocycles. The minimum atomic E-state index is -0.283. The number of likely N-dealkylation sites (N-methyl/N-ethyl adjacent to an activating group) is 1. The van der Waals surface area contributed by atoms with Gasteiger partial charge in [0.1, 0.15) is 6.61 Å². The zero-order valence-electron chi connectivity index (χ0n) is 17.2. The summed E-state index contributed by atoms with van der Waals surface area (Å²) in [6.45, 7) is 7.67. The fraction of sp³-hybridized carbons (Fsp3) is 0.455. The van der Waals surface area contributed by atoms with Crippen molar-refractivity contribution in [3.05, 3.63) is 47.8 Å². The van der Waals surface area contributed by atoms with E-state index in [0.717, 1.165) is 44.0 Å². The van der Waals surface area contributed by atoms with E-state index >= 15 is 0 Å². The Morgan fingerprint density at radius 1 is 1.17 bits per heavy atom. The van der Waals surface area contributed by atoms with Gasteiger partial charge in [-0.05, 0) is 19.5 Å². The summed E-state index contributed by atoms with van der Waals surface area (Å²) < 4.78 is 7.21. The summed E-state index contributed by atoms with van der Waals surface area (Å²) in [5.74, 6) is 6.06. The third-order valence-electron chi connectivity index (χ3n) is 4.84. The molecule has 1 amide bonds. The van der Waals surface area contributed by atoms with Crippen molar-refractivity contribution in [3.8, 4) is 17.9 Å². The summed E-state index contributed by atoms with van der Waals surface area (Å²) in [4.78, 5) is 21.5. The summed E-state index contributed by atoms with van der Waals surface area (Å²) in [5, 5.41) is 2.80. The number of hydrogen-bond acceptors (Lipinski definition) is 5. The Morgan fingerprint density at radius 2 is 1.93 bits per heavy atom. The molecule has 0 radical (unpaired) electrons. The number of piperazine rings is 1. The van der Waals surface area contributed by atoms with E-state index < -0.39 is 0 Å². The number of imidazole rings is 1. The highest BCUT2D eigenvalue weighted by molar-refractivity contribution is 5.78. The fourth-order valence-corrected chi connectivity index (χ4v) is 3.09. The molecule has 0 saturated carbocycles. The summed E-state index contributed by atoms with van der Waals surface area (Å²) in [5.41, 5.74) is 1.90. The van der Waals surface area contributed by atoms with Crippen LogP contribution in [0.5, 0.6) is 6.01 Å². The lowest BCUT2D eigenvalue weighted by Gasteiger charge is -2.32. The number of hydrogen-bond donors (Lipinski definition) is 1. The van der Waals surface area contributed by atoms with E-state index in [1.807, 2.05) is 37.3 Å². The van der Waals surface area contributed by atoms with Crippen molar-refractivity contribution in [1.82, 2.24) is 24.7 Å². The van der Waals surface area contributed by atoms with Crippen LogP contribution in [0.15, 0.2) is 36.5 Å². The average Bonchev–Trinajstić information content (AvgIpc) is 3.10. The van der Waals surface area contributed by atoms with E-state index in [4.69, 9.17) is 4.74 Å². The molecule has 0 bridgehead atoms. The van der Waals surface area contributed by atoms with E-state index in [0.29, 0.717) is 19.0 Å². The van der Waals surface area contributed by atoms with Crippen molar-refractivity contribution in [2.45, 2.75) is 13.3 Å². The van der Waals surface area contributed by atoms with Crippen molar-refractivity contribution in [2.75, 3.05) is 52.9 Å². The molecule has 7 nitrogen and oxygen atoms in total. The monoisotopic (exact) mass is 395 g/mol.